The summed E-state index contributed by atoms with van der Waals surface area (Å²) in [5, 5.41) is 11.3. The zero-order chi connectivity index (χ0) is 14.1. The van der Waals surface area contributed by atoms with Crippen LogP contribution in [0.3, 0.4) is 0 Å². The second-order valence-corrected chi connectivity index (χ2v) is 4.49. The molecule has 7 heteroatoms. The van der Waals surface area contributed by atoms with Crippen LogP contribution in [0.1, 0.15) is 10.4 Å². The molecule has 0 radical (unpaired) electrons. The number of carbonyl (C=O) groups is 1. The van der Waals surface area contributed by atoms with Gasteiger partial charge in [-0.25, -0.2) is 0 Å². The number of aromatic nitrogens is 1. The molecule has 1 aliphatic heterocycles. The topological polar surface area (TPSA) is 94.5 Å². The molecule has 0 spiro atoms. The van der Waals surface area contributed by atoms with Crippen molar-refractivity contribution < 1.29 is 19.2 Å². The van der Waals surface area contributed by atoms with Gasteiger partial charge in [0, 0.05) is 34.8 Å². The highest BCUT2D eigenvalue weighted by Crippen LogP contribution is 2.25. The zero-order valence-corrected chi connectivity index (χ0v) is 10.5. The summed E-state index contributed by atoms with van der Waals surface area (Å²) in [5.41, 5.74) is 1.02. The number of nitro groups is 1. The Kier molecular flexibility index (Phi) is 3.21. The molecular weight excluding hydrogens is 264 g/mol. The average Bonchev–Trinajstić information content (AvgIpc) is 2.90. The molecule has 20 heavy (non-hydrogen) atoms. The van der Waals surface area contributed by atoms with Crippen molar-refractivity contribution in [1.82, 2.24) is 4.98 Å². The highest BCUT2D eigenvalue weighted by molar-refractivity contribution is 6.10. The highest BCUT2D eigenvalue weighted by atomic mass is 16.6. The first-order chi connectivity index (χ1) is 9.66. The van der Waals surface area contributed by atoms with E-state index in [4.69, 9.17) is 9.47 Å². The Morgan fingerprint density at radius 2 is 2.25 bits per heavy atom. The highest BCUT2D eigenvalue weighted by Gasteiger charge is 2.26. The number of hydrogen-bond donors (Lipinski definition) is 1. The SMILES string of the molecule is O=C(c1c[nH]c2ccc([N+](=O)[O-])cc12)C1COCCO1. The average molecular weight is 276 g/mol. The molecule has 1 saturated heterocycles. The number of nitrogens with one attached hydrogen (secondary N) is 1. The number of carbonyl (C=O) groups excluding carboxylic acids is 1. The van der Waals surface area contributed by atoms with Gasteiger partial charge in [0.25, 0.3) is 5.69 Å². The Bertz CT molecular complexity index is 672. The fraction of sp³-hybridized carbons (Fsp3) is 0.308. The number of nitro benzene ring substituents is 1. The van der Waals surface area contributed by atoms with E-state index < -0.39 is 11.0 Å². The summed E-state index contributed by atoms with van der Waals surface area (Å²) in [6, 6.07) is 4.37. The lowest BCUT2D eigenvalue weighted by Crippen LogP contribution is -2.35. The Hall–Kier alpha value is -2.25. The van der Waals surface area contributed by atoms with Crippen molar-refractivity contribution in [3.8, 4) is 0 Å². The van der Waals surface area contributed by atoms with E-state index in [0.29, 0.717) is 29.7 Å². The number of benzene rings is 1. The molecule has 1 atom stereocenters. The number of rotatable bonds is 3. The molecule has 0 amide bonds. The van der Waals surface area contributed by atoms with Gasteiger partial charge < -0.3 is 14.5 Å². The molecular formula is C13H12N2O5. The molecule has 1 unspecified atom stereocenters. The Morgan fingerprint density at radius 3 is 2.95 bits per heavy atom. The van der Waals surface area contributed by atoms with E-state index in [0.717, 1.165) is 0 Å². The fourth-order valence-corrected chi connectivity index (χ4v) is 2.24. The van der Waals surface area contributed by atoms with Gasteiger partial charge in [-0.1, -0.05) is 0 Å². The standard InChI is InChI=1S/C13H12N2O5/c16-13(12-7-19-3-4-20-12)10-6-14-11-2-1-8(15(17)18)5-9(10)11/h1-2,5-6,12,14H,3-4,7H2. The number of ether oxygens (including phenoxy) is 2. The van der Waals surface area contributed by atoms with Crippen molar-refractivity contribution in [2.75, 3.05) is 19.8 Å². The van der Waals surface area contributed by atoms with Crippen molar-refractivity contribution in [1.29, 1.82) is 0 Å². The maximum absolute atomic E-state index is 12.4. The van der Waals surface area contributed by atoms with Gasteiger partial charge >= 0.3 is 0 Å². The first kappa shape index (κ1) is 12.8. The number of aromatic amines is 1. The summed E-state index contributed by atoms with van der Waals surface area (Å²) < 4.78 is 10.6. The number of Topliss-reactive ketones (excluding diaryl/α,β-unsaturated/α-hetero) is 1. The summed E-state index contributed by atoms with van der Waals surface area (Å²) in [7, 11) is 0. The van der Waals surface area contributed by atoms with Gasteiger partial charge in [-0.15, -0.1) is 0 Å². The summed E-state index contributed by atoms with van der Waals surface area (Å²) >= 11 is 0. The first-order valence-corrected chi connectivity index (χ1v) is 6.16. The third-order valence-electron chi connectivity index (χ3n) is 3.25. The van der Waals surface area contributed by atoms with Gasteiger partial charge in [0.05, 0.1) is 24.7 Å². The molecule has 2 aromatic rings. The van der Waals surface area contributed by atoms with Crippen LogP contribution in [0, 0.1) is 10.1 Å². The Balaban J connectivity index is 2.00. The second kappa shape index (κ2) is 5.03. The fourth-order valence-electron chi connectivity index (χ4n) is 2.24. The van der Waals surface area contributed by atoms with E-state index in [9.17, 15) is 14.9 Å². The molecule has 1 aliphatic rings. The van der Waals surface area contributed by atoms with E-state index in [1.54, 1.807) is 12.3 Å². The predicted octanol–water partition coefficient (Wildman–Crippen LogP) is 1.67. The minimum Gasteiger partial charge on any atom is -0.376 e. The maximum Gasteiger partial charge on any atom is 0.270 e. The predicted molar refractivity (Wildman–Crippen MR) is 69.8 cm³/mol. The number of ketones is 1. The molecule has 104 valence electrons. The molecule has 1 aromatic heterocycles. The Labute approximate surface area is 113 Å². The molecule has 3 rings (SSSR count). The summed E-state index contributed by atoms with van der Waals surface area (Å²) in [5.74, 6) is -0.226. The van der Waals surface area contributed by atoms with Crippen LogP contribution in [-0.2, 0) is 9.47 Å². The second-order valence-electron chi connectivity index (χ2n) is 4.49. The van der Waals surface area contributed by atoms with Gasteiger partial charge in [0.2, 0.25) is 0 Å². The number of non-ortho nitro benzene ring substituents is 1. The molecule has 2 heterocycles. The molecule has 0 bridgehead atoms. The van der Waals surface area contributed by atoms with Crippen molar-refractivity contribution in [2.24, 2.45) is 0 Å². The molecule has 0 saturated carbocycles. The number of hydrogen-bond acceptors (Lipinski definition) is 5. The minimum absolute atomic E-state index is 0.0491. The number of nitrogens with zero attached hydrogens (tertiary/aromatic N) is 1. The number of fused-ring (bicyclic) bond motifs is 1. The van der Waals surface area contributed by atoms with Gasteiger partial charge in [0.1, 0.15) is 6.10 Å². The first-order valence-electron chi connectivity index (χ1n) is 6.16. The normalized spacial score (nSPS) is 19.1. The van der Waals surface area contributed by atoms with Gasteiger partial charge in [0.15, 0.2) is 5.78 Å². The lowest BCUT2D eigenvalue weighted by atomic mass is 10.0. The zero-order valence-electron chi connectivity index (χ0n) is 10.5. The van der Waals surface area contributed by atoms with E-state index >= 15 is 0 Å². The summed E-state index contributed by atoms with van der Waals surface area (Å²) in [4.78, 5) is 25.6. The van der Waals surface area contributed by atoms with Crippen LogP contribution in [0.5, 0.6) is 0 Å². The smallest absolute Gasteiger partial charge is 0.270 e. The minimum atomic E-state index is -0.651. The number of H-pyrrole nitrogens is 1. The van der Waals surface area contributed by atoms with Gasteiger partial charge in [-0.3, -0.25) is 14.9 Å². The largest absolute Gasteiger partial charge is 0.376 e. The van der Waals surface area contributed by atoms with Crippen molar-refractivity contribution in [3.63, 3.8) is 0 Å². The molecule has 1 aromatic carbocycles. The van der Waals surface area contributed by atoms with E-state index in [2.05, 4.69) is 4.98 Å². The quantitative estimate of drug-likeness (QED) is 0.522. The third-order valence-corrected chi connectivity index (χ3v) is 3.25. The van der Waals surface area contributed by atoms with Crippen LogP contribution in [0.25, 0.3) is 10.9 Å². The summed E-state index contributed by atoms with van der Waals surface area (Å²) in [6.07, 6.45) is 0.899. The van der Waals surface area contributed by atoms with E-state index in [-0.39, 0.29) is 18.1 Å². The van der Waals surface area contributed by atoms with E-state index in [1.807, 2.05) is 0 Å². The monoisotopic (exact) mass is 276 g/mol. The van der Waals surface area contributed by atoms with Crippen LogP contribution in [0.4, 0.5) is 5.69 Å². The van der Waals surface area contributed by atoms with Crippen molar-refractivity contribution >= 4 is 22.4 Å². The van der Waals surface area contributed by atoms with Crippen LogP contribution < -0.4 is 0 Å². The van der Waals surface area contributed by atoms with Crippen LogP contribution >= 0.6 is 0 Å². The van der Waals surface area contributed by atoms with Crippen LogP contribution in [0.15, 0.2) is 24.4 Å². The maximum atomic E-state index is 12.4. The van der Waals surface area contributed by atoms with Crippen LogP contribution in [-0.4, -0.2) is 41.6 Å². The molecule has 1 fully saturated rings. The van der Waals surface area contributed by atoms with Gasteiger partial charge in [-0.2, -0.15) is 0 Å². The Morgan fingerprint density at radius 1 is 1.40 bits per heavy atom. The third kappa shape index (κ3) is 2.17. The lowest BCUT2D eigenvalue weighted by Gasteiger charge is -2.21. The molecule has 7 nitrogen and oxygen atoms in total. The lowest BCUT2D eigenvalue weighted by molar-refractivity contribution is -0.384. The van der Waals surface area contributed by atoms with Gasteiger partial charge in [-0.05, 0) is 6.07 Å². The molecule has 0 aliphatic carbocycles. The van der Waals surface area contributed by atoms with E-state index in [1.165, 1.54) is 12.1 Å². The summed E-state index contributed by atoms with van der Waals surface area (Å²) in [6.45, 7) is 1.06. The molecule has 1 N–H and O–H groups in total. The van der Waals surface area contributed by atoms with Crippen LogP contribution in [0.2, 0.25) is 0 Å². The van der Waals surface area contributed by atoms with Crippen molar-refractivity contribution in [2.45, 2.75) is 6.10 Å². The van der Waals surface area contributed by atoms with Crippen molar-refractivity contribution in [3.05, 3.63) is 40.1 Å².